The zero-order chi connectivity index (χ0) is 33.0. The number of hydrogen-bond acceptors (Lipinski definition) is 12. The van der Waals surface area contributed by atoms with Gasteiger partial charge in [-0.15, -0.1) is 0 Å². The number of carbonyl (C=O) groups is 2. The minimum atomic E-state index is -3.07. The molecule has 0 bridgehead atoms. The standard InChI is InChI=1S/C30H48N6O7Si2/c1-16(2)44(17(3)4)39-14-22-25(42-45(43-44,18(5)6)19(7)8)26(41-23(38)12-11-20(9)37)30(40-22)36-13-21-24-28(32-15-33-29(24)36)35(10)34-27(21)31/h13,15-19,22,25-26,30H,11-12,14H2,1-10H3,(H2,31,34)/t22-,25?,26-,30-/m1/s1. The second-order valence-corrected chi connectivity index (χ2v) is 22.5. The van der Waals surface area contributed by atoms with Gasteiger partial charge in [0.2, 0.25) is 0 Å². The lowest BCUT2D eigenvalue weighted by Crippen LogP contribution is -2.66. The highest BCUT2D eigenvalue weighted by atomic mass is 28.5. The second-order valence-electron chi connectivity index (χ2n) is 13.6. The number of fused-ring (bicyclic) bond motifs is 1. The average Bonchev–Trinajstić information content (AvgIpc) is 3.48. The fraction of sp³-hybridized carbons (Fsp3) is 0.700. The van der Waals surface area contributed by atoms with E-state index in [9.17, 15) is 9.59 Å². The molecule has 0 aromatic carbocycles. The predicted octanol–water partition coefficient (Wildman–Crippen LogP) is 4.64. The number of esters is 1. The van der Waals surface area contributed by atoms with Gasteiger partial charge in [0, 0.05) is 25.2 Å². The zero-order valence-corrected chi connectivity index (χ0v) is 30.1. The predicted molar refractivity (Wildman–Crippen MR) is 174 cm³/mol. The van der Waals surface area contributed by atoms with Gasteiger partial charge in [-0.1, -0.05) is 55.4 Å². The van der Waals surface area contributed by atoms with Gasteiger partial charge in [-0.2, -0.15) is 5.10 Å². The van der Waals surface area contributed by atoms with Gasteiger partial charge in [-0.05, 0) is 29.1 Å². The molecule has 5 rings (SSSR count). The summed E-state index contributed by atoms with van der Waals surface area (Å²) >= 11 is 0. The average molecular weight is 661 g/mol. The first-order valence-electron chi connectivity index (χ1n) is 15.9. The van der Waals surface area contributed by atoms with E-state index < -0.39 is 47.6 Å². The Morgan fingerprint density at radius 2 is 1.67 bits per heavy atom. The summed E-state index contributed by atoms with van der Waals surface area (Å²) in [5, 5.41) is 6.75. The van der Waals surface area contributed by atoms with Crippen molar-refractivity contribution in [3.8, 4) is 0 Å². The largest absolute Gasteiger partial charge is 0.455 e. The fourth-order valence-corrected chi connectivity index (χ4v) is 18.1. The maximum absolute atomic E-state index is 13.3. The maximum atomic E-state index is 13.3. The third kappa shape index (κ3) is 5.75. The summed E-state index contributed by atoms with van der Waals surface area (Å²) in [5.41, 5.74) is 8.03. The lowest BCUT2D eigenvalue weighted by atomic mass is 10.1. The minimum absolute atomic E-state index is 0.0506. The number of rotatable bonds is 9. The van der Waals surface area contributed by atoms with Crippen LogP contribution < -0.4 is 10.7 Å². The lowest BCUT2D eigenvalue weighted by Gasteiger charge is -2.51. The summed E-state index contributed by atoms with van der Waals surface area (Å²) in [7, 11) is -4.13. The number of Topliss-reactive ketones (excluding diaryl/α,β-unsaturated/α-hetero) is 1. The van der Waals surface area contributed by atoms with E-state index in [2.05, 4.69) is 70.5 Å². The van der Waals surface area contributed by atoms with Crippen LogP contribution in [0.25, 0.3) is 11.0 Å². The Balaban J connectivity index is 1.65. The van der Waals surface area contributed by atoms with E-state index in [1.165, 1.54) is 13.3 Å². The van der Waals surface area contributed by atoms with Gasteiger partial charge in [0.15, 0.2) is 24.0 Å². The van der Waals surface area contributed by atoms with Crippen molar-refractivity contribution in [1.82, 2.24) is 14.5 Å². The molecule has 2 N–H and O–H groups in total. The molecular formula is C30H48N6O7Si2. The Morgan fingerprint density at radius 1 is 1.02 bits per heavy atom. The molecule has 248 valence electrons. The third-order valence-electron chi connectivity index (χ3n) is 9.27. The van der Waals surface area contributed by atoms with Crippen LogP contribution in [0.5, 0.6) is 0 Å². The van der Waals surface area contributed by atoms with E-state index in [1.54, 1.807) is 12.1 Å². The van der Waals surface area contributed by atoms with Crippen LogP contribution in [-0.4, -0.2) is 81.2 Å². The van der Waals surface area contributed by atoms with Gasteiger partial charge < -0.3 is 37.5 Å². The molecular weight excluding hydrogens is 613 g/mol. The Bertz CT molecular complexity index is 1460. The van der Waals surface area contributed by atoms with Gasteiger partial charge in [-0.25, -0.2) is 15.0 Å². The first-order valence-corrected chi connectivity index (χ1v) is 19.9. The molecule has 2 aromatic rings. The molecule has 5 heterocycles. The fourth-order valence-electron chi connectivity index (χ4n) is 6.93. The summed E-state index contributed by atoms with van der Waals surface area (Å²) < 4.78 is 36.5. The summed E-state index contributed by atoms with van der Waals surface area (Å²) in [6.07, 6.45) is 0.326. The van der Waals surface area contributed by atoms with Crippen molar-refractivity contribution >= 4 is 51.6 Å². The van der Waals surface area contributed by atoms with Crippen molar-refractivity contribution in [2.75, 3.05) is 18.7 Å². The molecule has 3 aliphatic rings. The number of ketones is 1. The quantitative estimate of drug-likeness (QED) is 0.296. The highest BCUT2D eigenvalue weighted by molar-refractivity contribution is 6.84. The zero-order valence-electron chi connectivity index (χ0n) is 28.1. The van der Waals surface area contributed by atoms with E-state index >= 15 is 0 Å². The lowest BCUT2D eigenvalue weighted by molar-refractivity contribution is -0.159. The van der Waals surface area contributed by atoms with Gasteiger partial charge in [0.1, 0.15) is 30.0 Å². The summed E-state index contributed by atoms with van der Waals surface area (Å²) in [5.74, 6) is 0.311. The van der Waals surface area contributed by atoms with Gasteiger partial charge in [0.25, 0.3) is 0 Å². The summed E-state index contributed by atoms with van der Waals surface area (Å²) in [4.78, 5) is 34.1. The SMILES string of the molecule is CC(=O)CCC(=O)O[C@@H]1C2O[Si](C(C)C)(C(C)C)O[Si](C(C)C)(C(C)C)OC[C@H]2O[C@H]1n1cc2c3c(ncnc31)N(C)N=C2N. The van der Waals surface area contributed by atoms with Gasteiger partial charge in [0.05, 0.1) is 18.4 Å². The number of ether oxygens (including phenoxy) is 2. The van der Waals surface area contributed by atoms with Crippen LogP contribution in [-0.2, 0) is 32.0 Å². The number of nitrogens with two attached hydrogens (primary N) is 1. The normalized spacial score (nSPS) is 25.9. The minimum Gasteiger partial charge on any atom is -0.455 e. The van der Waals surface area contributed by atoms with Crippen LogP contribution in [0.15, 0.2) is 17.6 Å². The van der Waals surface area contributed by atoms with E-state index in [0.29, 0.717) is 22.9 Å². The van der Waals surface area contributed by atoms with Crippen LogP contribution in [0.1, 0.15) is 86.9 Å². The first kappa shape index (κ1) is 33.7. The number of hydrogen-bond donors (Lipinski definition) is 1. The molecule has 0 aliphatic carbocycles. The van der Waals surface area contributed by atoms with Crippen LogP contribution in [0.4, 0.5) is 5.82 Å². The van der Waals surface area contributed by atoms with Crippen LogP contribution >= 0.6 is 0 Å². The molecule has 2 fully saturated rings. The summed E-state index contributed by atoms with van der Waals surface area (Å²) in [6.45, 7) is 18.9. The number of aromatic nitrogens is 3. The molecule has 1 unspecified atom stereocenters. The van der Waals surface area contributed by atoms with Gasteiger partial charge >= 0.3 is 23.1 Å². The van der Waals surface area contributed by atoms with E-state index in [1.807, 2.05) is 10.8 Å². The monoisotopic (exact) mass is 660 g/mol. The molecule has 45 heavy (non-hydrogen) atoms. The van der Waals surface area contributed by atoms with Crippen molar-refractivity contribution in [3.63, 3.8) is 0 Å². The topological polar surface area (TPSA) is 153 Å². The van der Waals surface area contributed by atoms with E-state index in [4.69, 9.17) is 28.2 Å². The van der Waals surface area contributed by atoms with Crippen molar-refractivity contribution in [2.45, 2.75) is 122 Å². The Kier molecular flexibility index (Phi) is 9.34. The number of carbonyl (C=O) groups excluding carboxylic acids is 2. The highest BCUT2D eigenvalue weighted by Gasteiger charge is 2.62. The summed E-state index contributed by atoms with van der Waals surface area (Å²) in [6, 6.07) is 0. The smallest absolute Gasteiger partial charge is 0.335 e. The van der Waals surface area contributed by atoms with E-state index in [0.717, 1.165) is 5.39 Å². The number of amidine groups is 1. The first-order chi connectivity index (χ1) is 21.1. The molecule has 3 aliphatic heterocycles. The van der Waals surface area contributed by atoms with Crippen molar-refractivity contribution in [3.05, 3.63) is 18.1 Å². The van der Waals surface area contributed by atoms with Gasteiger partial charge in [-0.3, -0.25) is 4.79 Å². The van der Waals surface area contributed by atoms with Crippen molar-refractivity contribution < 1.29 is 32.0 Å². The molecule has 2 saturated heterocycles. The Labute approximate surface area is 267 Å². The molecule has 0 radical (unpaired) electrons. The molecule has 4 atom stereocenters. The highest BCUT2D eigenvalue weighted by Crippen LogP contribution is 2.49. The van der Waals surface area contributed by atoms with Crippen molar-refractivity contribution in [2.24, 2.45) is 10.8 Å². The molecule has 2 aromatic heterocycles. The molecule has 13 nitrogen and oxygen atoms in total. The van der Waals surface area contributed by atoms with Crippen LogP contribution in [0, 0.1) is 0 Å². The Morgan fingerprint density at radius 3 is 2.27 bits per heavy atom. The number of hydrazone groups is 1. The Hall–Kier alpha value is -2.70. The van der Waals surface area contributed by atoms with Crippen LogP contribution in [0.3, 0.4) is 0 Å². The molecule has 15 heteroatoms. The van der Waals surface area contributed by atoms with E-state index in [-0.39, 0.29) is 47.4 Å². The molecule has 0 amide bonds. The second kappa shape index (κ2) is 12.5. The number of nitrogens with zero attached hydrogens (tertiary/aromatic N) is 5. The maximum Gasteiger partial charge on any atom is 0.335 e. The number of anilines is 1. The molecule has 0 spiro atoms. The third-order valence-corrected chi connectivity index (χ3v) is 19.5. The van der Waals surface area contributed by atoms with Crippen molar-refractivity contribution in [1.29, 1.82) is 0 Å². The van der Waals surface area contributed by atoms with Crippen LogP contribution in [0.2, 0.25) is 22.2 Å². The molecule has 0 saturated carbocycles.